The molecule has 2 aliphatic heterocycles. The van der Waals surface area contributed by atoms with Crippen molar-refractivity contribution in [2.24, 2.45) is 11.8 Å². The minimum atomic E-state index is -1.35. The van der Waals surface area contributed by atoms with Crippen LogP contribution in [0.5, 0.6) is 0 Å². The smallest absolute Gasteiger partial charge is 0.326 e. The van der Waals surface area contributed by atoms with Gasteiger partial charge < -0.3 is 31.7 Å². The van der Waals surface area contributed by atoms with Gasteiger partial charge in [-0.2, -0.15) is 0 Å². The summed E-state index contributed by atoms with van der Waals surface area (Å²) in [6, 6.07) is 31.9. The van der Waals surface area contributed by atoms with E-state index in [-0.39, 0.29) is 31.6 Å². The summed E-state index contributed by atoms with van der Waals surface area (Å²) in [7, 11) is 0. The zero-order valence-electron chi connectivity index (χ0n) is 33.6. The van der Waals surface area contributed by atoms with Crippen molar-refractivity contribution in [1.29, 1.82) is 0 Å². The van der Waals surface area contributed by atoms with Crippen molar-refractivity contribution in [2.75, 3.05) is 5.32 Å². The van der Waals surface area contributed by atoms with Crippen LogP contribution in [-0.2, 0) is 54.5 Å². The van der Waals surface area contributed by atoms with Crippen LogP contribution in [0.25, 0.3) is 11.1 Å². The number of nitrogens with one attached hydrogen (secondary N) is 5. The molecule has 1 saturated carbocycles. The Balaban J connectivity index is 1.25. The van der Waals surface area contributed by atoms with Crippen LogP contribution in [0.4, 0.5) is 5.69 Å². The van der Waals surface area contributed by atoms with Gasteiger partial charge in [0.2, 0.25) is 29.5 Å². The molecule has 5 aromatic rings. The molecule has 0 radical (unpaired) electrons. The Bertz CT molecular complexity index is 2300. The molecule has 12 nitrogen and oxygen atoms in total. The average molecular weight is 840 g/mol. The third-order valence-electron chi connectivity index (χ3n) is 11.4. The van der Waals surface area contributed by atoms with Gasteiger partial charge in [-0.3, -0.25) is 24.0 Å². The summed E-state index contributed by atoms with van der Waals surface area (Å²) in [4.78, 5) is 84.5. The standard InChI is InChI=1S/C48H49N5O7S/c54-43-37-15-7-8-16-38(37)44(55)50-41(29-36-14-9-25-61-36)47(58)52-40(27-31-17-21-34(22-18-31)33-12-5-2-6-13-33)45(56)51-39(26-30-10-3-1-4-11-30)46(57)53-42(48(59)60)28-32-19-23-35(49-43)24-20-32/h1-6,9-14,17-25,37-42H,7-8,15-16,26-29H2,(H,49,54)(H,50,55)(H,51,56)(H,52,58)(H,53,57)(H,59,60)/t37-,38-,39-,40+,41-,42-/m1/s1. The number of thiophene rings is 1. The van der Waals surface area contributed by atoms with E-state index in [4.69, 9.17) is 0 Å². The number of carbonyl (C=O) groups is 6. The lowest BCUT2D eigenvalue weighted by molar-refractivity contribution is -0.142. The Labute approximate surface area is 358 Å². The van der Waals surface area contributed by atoms with E-state index in [2.05, 4.69) is 26.6 Å². The average Bonchev–Trinajstić information content (AvgIpc) is 3.80. The summed E-state index contributed by atoms with van der Waals surface area (Å²) < 4.78 is 0. The number of anilines is 1. The molecule has 0 unspecified atom stereocenters. The van der Waals surface area contributed by atoms with Crippen molar-refractivity contribution in [1.82, 2.24) is 21.3 Å². The van der Waals surface area contributed by atoms with Crippen molar-refractivity contribution in [3.63, 3.8) is 0 Å². The Kier molecular flexibility index (Phi) is 14.0. The highest BCUT2D eigenvalue weighted by molar-refractivity contribution is 7.09. The van der Waals surface area contributed by atoms with E-state index in [1.165, 1.54) is 11.3 Å². The molecule has 4 aromatic carbocycles. The number of carboxylic acids is 1. The van der Waals surface area contributed by atoms with Gasteiger partial charge in [-0.15, -0.1) is 11.3 Å². The molecular formula is C48H49N5O7S. The highest BCUT2D eigenvalue weighted by Crippen LogP contribution is 2.32. The maximum absolute atomic E-state index is 14.6. The highest BCUT2D eigenvalue weighted by Gasteiger charge is 2.38. The quantitative estimate of drug-likeness (QED) is 0.112. The first-order valence-corrected chi connectivity index (χ1v) is 21.5. The molecule has 0 spiro atoms. The van der Waals surface area contributed by atoms with Crippen LogP contribution >= 0.6 is 11.3 Å². The highest BCUT2D eigenvalue weighted by atomic mass is 32.1. The normalized spacial score (nSPS) is 22.9. The Morgan fingerprint density at radius 3 is 1.66 bits per heavy atom. The maximum atomic E-state index is 14.6. The number of aliphatic carboxylic acids is 1. The summed E-state index contributed by atoms with van der Waals surface area (Å²) in [5.41, 5.74) is 4.47. The molecule has 0 saturated heterocycles. The third-order valence-corrected chi connectivity index (χ3v) is 12.3. The number of amides is 5. The molecule has 314 valence electrons. The van der Waals surface area contributed by atoms with E-state index in [1.54, 1.807) is 48.5 Å². The molecular weight excluding hydrogens is 791 g/mol. The van der Waals surface area contributed by atoms with Gasteiger partial charge in [0.1, 0.15) is 24.2 Å². The monoisotopic (exact) mass is 839 g/mol. The zero-order valence-corrected chi connectivity index (χ0v) is 34.4. The molecule has 1 aromatic heterocycles. The van der Waals surface area contributed by atoms with Gasteiger partial charge in [0.25, 0.3) is 0 Å². The van der Waals surface area contributed by atoms with Gasteiger partial charge in [-0.05, 0) is 64.2 Å². The van der Waals surface area contributed by atoms with E-state index in [0.717, 1.165) is 40.0 Å². The molecule has 6 atom stereocenters. The van der Waals surface area contributed by atoms with Crippen molar-refractivity contribution in [3.05, 3.63) is 148 Å². The fourth-order valence-corrected chi connectivity index (χ4v) is 8.81. The first kappa shape index (κ1) is 42.5. The lowest BCUT2D eigenvalue weighted by Crippen LogP contribution is -2.59. The molecule has 3 aliphatic rings. The van der Waals surface area contributed by atoms with Crippen LogP contribution < -0.4 is 26.6 Å². The van der Waals surface area contributed by atoms with Crippen LogP contribution in [0.1, 0.15) is 47.3 Å². The van der Waals surface area contributed by atoms with E-state index in [1.807, 2.05) is 78.2 Å². The minimum Gasteiger partial charge on any atom is -0.480 e. The maximum Gasteiger partial charge on any atom is 0.326 e. The second kappa shape index (κ2) is 20.1. The summed E-state index contributed by atoms with van der Waals surface area (Å²) >= 11 is 1.43. The molecule has 5 amide bonds. The summed E-state index contributed by atoms with van der Waals surface area (Å²) in [5, 5.41) is 26.4. The summed E-state index contributed by atoms with van der Waals surface area (Å²) in [6.07, 6.45) is 2.58. The van der Waals surface area contributed by atoms with Crippen LogP contribution in [0.3, 0.4) is 0 Å². The van der Waals surface area contributed by atoms with Crippen molar-refractivity contribution >= 4 is 52.5 Å². The number of benzene rings is 4. The fraction of sp³-hybridized carbons (Fsp3) is 0.292. The van der Waals surface area contributed by atoms with E-state index >= 15 is 0 Å². The second-order valence-corrected chi connectivity index (χ2v) is 16.7. The molecule has 2 bridgehead atoms. The number of hydrogen-bond acceptors (Lipinski definition) is 7. The Morgan fingerprint density at radius 1 is 0.541 bits per heavy atom. The fourth-order valence-electron chi connectivity index (χ4n) is 8.06. The summed E-state index contributed by atoms with van der Waals surface area (Å²) in [6.45, 7) is 0. The van der Waals surface area contributed by atoms with Crippen molar-refractivity contribution < 1.29 is 33.9 Å². The predicted molar refractivity (Wildman–Crippen MR) is 233 cm³/mol. The van der Waals surface area contributed by atoms with Gasteiger partial charge in [-0.1, -0.05) is 116 Å². The molecule has 6 N–H and O–H groups in total. The first-order chi connectivity index (χ1) is 29.6. The number of carboxylic acid groups (broad SMARTS) is 1. The largest absolute Gasteiger partial charge is 0.480 e. The van der Waals surface area contributed by atoms with Crippen LogP contribution in [0, 0.1) is 11.8 Å². The summed E-state index contributed by atoms with van der Waals surface area (Å²) in [5.74, 6) is -5.37. The zero-order chi connectivity index (χ0) is 42.7. The molecule has 1 aliphatic carbocycles. The lowest BCUT2D eigenvalue weighted by Gasteiger charge is -2.31. The van der Waals surface area contributed by atoms with Crippen molar-refractivity contribution in [2.45, 2.75) is 75.5 Å². The van der Waals surface area contributed by atoms with Gasteiger partial charge in [0.15, 0.2) is 0 Å². The van der Waals surface area contributed by atoms with Crippen molar-refractivity contribution in [3.8, 4) is 11.1 Å². The number of rotatable bonds is 8. The Morgan fingerprint density at radius 2 is 1.07 bits per heavy atom. The van der Waals surface area contributed by atoms with E-state index in [9.17, 15) is 33.9 Å². The van der Waals surface area contributed by atoms with Crippen LogP contribution in [-0.4, -0.2) is 64.8 Å². The number of hydrogen-bond donors (Lipinski definition) is 6. The van der Waals surface area contributed by atoms with Crippen LogP contribution in [0.2, 0.25) is 0 Å². The number of carbonyl (C=O) groups excluding carboxylic acids is 5. The van der Waals surface area contributed by atoms with Gasteiger partial charge >= 0.3 is 5.97 Å². The van der Waals surface area contributed by atoms with Crippen LogP contribution in [0.15, 0.2) is 127 Å². The van der Waals surface area contributed by atoms with E-state index in [0.29, 0.717) is 24.1 Å². The number of fused-ring (bicyclic) bond motifs is 15. The molecule has 13 heteroatoms. The molecule has 1 fully saturated rings. The second-order valence-electron chi connectivity index (χ2n) is 15.7. The Hall–Kier alpha value is -6.60. The lowest BCUT2D eigenvalue weighted by atomic mass is 9.78. The molecule has 8 rings (SSSR count). The van der Waals surface area contributed by atoms with Gasteiger partial charge in [0.05, 0.1) is 0 Å². The SMILES string of the molecule is O=C1N[C@H](Cc2ccccc2)C(=O)N[C@@H](C(=O)O)Cc2ccc(cc2)NC(=O)[C@@H]2CCCC[C@H]2C(=O)N[C@H](Cc2cccs2)C(=O)N[C@H]1Cc1ccc(-c2ccccc2)cc1. The topological polar surface area (TPSA) is 183 Å². The molecule has 61 heavy (non-hydrogen) atoms. The first-order valence-electron chi connectivity index (χ1n) is 20.6. The molecule has 3 heterocycles. The van der Waals surface area contributed by atoms with E-state index < -0.39 is 65.6 Å². The minimum absolute atomic E-state index is 0.0322. The third kappa shape index (κ3) is 11.4. The van der Waals surface area contributed by atoms with Gasteiger partial charge in [0, 0.05) is 48.1 Å². The van der Waals surface area contributed by atoms with Gasteiger partial charge in [-0.25, -0.2) is 4.79 Å². The predicted octanol–water partition coefficient (Wildman–Crippen LogP) is 5.47.